The summed E-state index contributed by atoms with van der Waals surface area (Å²) in [5.74, 6) is 0.244. The van der Waals surface area contributed by atoms with Crippen LogP contribution in [0, 0.1) is 20.8 Å². The molecule has 3 aromatic rings. The summed E-state index contributed by atoms with van der Waals surface area (Å²) in [5, 5.41) is 0.450. The van der Waals surface area contributed by atoms with Crippen LogP contribution in [0.5, 0.6) is 0 Å². The van der Waals surface area contributed by atoms with Crippen LogP contribution < -0.4 is 0 Å². The third-order valence-corrected chi connectivity index (χ3v) is 5.68. The Morgan fingerprint density at radius 3 is 2.32 bits per heavy atom. The van der Waals surface area contributed by atoms with E-state index in [1.54, 1.807) is 12.3 Å². The number of aromatic nitrogens is 3. The summed E-state index contributed by atoms with van der Waals surface area (Å²) in [5.41, 5.74) is 3.70. The van der Waals surface area contributed by atoms with Gasteiger partial charge in [-0.05, 0) is 38.0 Å². The number of pyridine rings is 1. The second-order valence-corrected chi connectivity index (χ2v) is 8.52. The highest BCUT2D eigenvalue weighted by molar-refractivity contribution is 7.90. The topological polar surface area (TPSA) is 64.8 Å². The van der Waals surface area contributed by atoms with Crippen LogP contribution in [0.15, 0.2) is 48.0 Å². The van der Waals surface area contributed by atoms with Crippen molar-refractivity contribution in [2.24, 2.45) is 0 Å². The number of benzene rings is 1. The highest BCUT2D eigenvalue weighted by Gasteiger charge is 2.22. The Hall–Kier alpha value is -2.18. The maximum absolute atomic E-state index is 12.9. The van der Waals surface area contributed by atoms with E-state index in [1.807, 2.05) is 39.0 Å². The van der Waals surface area contributed by atoms with Gasteiger partial charge in [0, 0.05) is 6.20 Å². The largest absolute Gasteiger partial charge is 0.272 e. The Bertz CT molecular complexity index is 1020. The molecule has 7 heteroatoms. The summed E-state index contributed by atoms with van der Waals surface area (Å²) in [7, 11) is -3.61. The molecule has 3 rings (SSSR count). The number of nitrogens with zero attached hydrogens (tertiary/aromatic N) is 3. The molecule has 0 saturated heterocycles. The molecule has 25 heavy (non-hydrogen) atoms. The minimum Gasteiger partial charge on any atom is -0.272 e. The lowest BCUT2D eigenvalue weighted by Crippen LogP contribution is -2.12. The first-order valence-corrected chi connectivity index (χ1v) is 9.74. The molecule has 0 aliphatic rings. The van der Waals surface area contributed by atoms with Crippen molar-refractivity contribution in [3.05, 3.63) is 70.3 Å². The molecule has 0 unspecified atom stereocenters. The summed E-state index contributed by atoms with van der Waals surface area (Å²) < 4.78 is 27.3. The summed E-state index contributed by atoms with van der Waals surface area (Å²) in [6, 6.07) is 7.51. The Kier molecular flexibility index (Phi) is 4.67. The third kappa shape index (κ3) is 3.75. The van der Waals surface area contributed by atoms with Crippen LogP contribution in [0.2, 0.25) is 5.02 Å². The van der Waals surface area contributed by atoms with Crippen LogP contribution in [0.25, 0.3) is 5.82 Å². The lowest BCUT2D eigenvalue weighted by Gasteiger charge is -2.11. The van der Waals surface area contributed by atoms with Gasteiger partial charge in [0.25, 0.3) is 0 Å². The van der Waals surface area contributed by atoms with E-state index in [2.05, 4.69) is 9.97 Å². The second-order valence-electron chi connectivity index (χ2n) is 6.18. The predicted molar refractivity (Wildman–Crippen MR) is 97.9 cm³/mol. The zero-order chi connectivity index (χ0) is 18.2. The van der Waals surface area contributed by atoms with Gasteiger partial charge in [-0.25, -0.2) is 18.4 Å². The minimum atomic E-state index is -3.61. The van der Waals surface area contributed by atoms with Gasteiger partial charge in [0.15, 0.2) is 20.7 Å². The van der Waals surface area contributed by atoms with Crippen LogP contribution in [0.3, 0.4) is 0 Å². The van der Waals surface area contributed by atoms with Crippen molar-refractivity contribution in [3.63, 3.8) is 0 Å². The Labute approximate surface area is 152 Å². The Morgan fingerprint density at radius 1 is 1.00 bits per heavy atom. The van der Waals surface area contributed by atoms with Gasteiger partial charge in [0.05, 0.1) is 17.0 Å². The molecule has 2 heterocycles. The SMILES string of the molecule is Cc1cc(C)cc(CS(=O)(=O)c2cncn2-c2ncc(C)cc2Cl)c1. The van der Waals surface area contributed by atoms with E-state index < -0.39 is 9.84 Å². The molecule has 0 radical (unpaired) electrons. The number of imidazole rings is 1. The van der Waals surface area contributed by atoms with Crippen molar-refractivity contribution in [1.82, 2.24) is 14.5 Å². The van der Waals surface area contributed by atoms with E-state index in [0.29, 0.717) is 10.8 Å². The van der Waals surface area contributed by atoms with E-state index in [9.17, 15) is 8.42 Å². The van der Waals surface area contributed by atoms with E-state index in [0.717, 1.165) is 22.3 Å². The average molecular weight is 376 g/mol. The molecule has 0 amide bonds. The van der Waals surface area contributed by atoms with E-state index >= 15 is 0 Å². The van der Waals surface area contributed by atoms with Gasteiger partial charge in [0.1, 0.15) is 6.33 Å². The molecule has 2 aromatic heterocycles. The number of rotatable bonds is 4. The zero-order valence-corrected chi connectivity index (χ0v) is 15.8. The first-order chi connectivity index (χ1) is 11.8. The maximum Gasteiger partial charge on any atom is 0.199 e. The first-order valence-electron chi connectivity index (χ1n) is 7.71. The predicted octanol–water partition coefficient (Wildman–Crippen LogP) is 3.82. The lowest BCUT2D eigenvalue weighted by atomic mass is 10.1. The first kappa shape index (κ1) is 17.6. The summed E-state index contributed by atoms with van der Waals surface area (Å²) in [6.45, 7) is 5.76. The Balaban J connectivity index is 2.03. The highest BCUT2D eigenvalue weighted by atomic mass is 35.5. The van der Waals surface area contributed by atoms with Crippen molar-refractivity contribution in [1.29, 1.82) is 0 Å². The fourth-order valence-corrected chi connectivity index (χ4v) is 4.54. The third-order valence-electron chi connectivity index (χ3n) is 3.75. The minimum absolute atomic E-state index is 0.0740. The van der Waals surface area contributed by atoms with Crippen LogP contribution in [0.1, 0.15) is 22.3 Å². The molecule has 130 valence electrons. The lowest BCUT2D eigenvalue weighted by molar-refractivity contribution is 0.588. The quantitative estimate of drug-likeness (QED) is 0.695. The fourth-order valence-electron chi connectivity index (χ4n) is 2.82. The van der Waals surface area contributed by atoms with Gasteiger partial charge in [0.2, 0.25) is 0 Å². The summed E-state index contributed by atoms with van der Waals surface area (Å²) >= 11 is 6.24. The van der Waals surface area contributed by atoms with Gasteiger partial charge in [-0.15, -0.1) is 0 Å². The zero-order valence-electron chi connectivity index (χ0n) is 14.2. The number of hydrogen-bond acceptors (Lipinski definition) is 4. The molecule has 5 nitrogen and oxygen atoms in total. The number of halogens is 1. The van der Waals surface area contributed by atoms with Gasteiger partial charge in [-0.3, -0.25) is 4.57 Å². The maximum atomic E-state index is 12.9. The molecule has 0 atom stereocenters. The van der Waals surface area contributed by atoms with Crippen LogP contribution >= 0.6 is 11.6 Å². The van der Waals surface area contributed by atoms with Crippen molar-refractivity contribution in [3.8, 4) is 5.82 Å². The van der Waals surface area contributed by atoms with Crippen molar-refractivity contribution >= 4 is 21.4 Å². The number of hydrogen-bond donors (Lipinski definition) is 0. The molecule has 0 aliphatic carbocycles. The molecule has 1 aromatic carbocycles. The molecule has 0 N–H and O–H groups in total. The molecular weight excluding hydrogens is 358 g/mol. The highest BCUT2D eigenvalue weighted by Crippen LogP contribution is 2.25. The Morgan fingerprint density at radius 2 is 1.68 bits per heavy atom. The molecular formula is C18H18ClN3O2S. The van der Waals surface area contributed by atoms with E-state index in [4.69, 9.17) is 11.6 Å². The summed E-state index contributed by atoms with van der Waals surface area (Å²) in [6.07, 6.45) is 4.38. The monoisotopic (exact) mass is 375 g/mol. The smallest absolute Gasteiger partial charge is 0.199 e. The van der Waals surface area contributed by atoms with Gasteiger partial charge in [-0.2, -0.15) is 0 Å². The van der Waals surface area contributed by atoms with Crippen LogP contribution in [0.4, 0.5) is 0 Å². The second kappa shape index (κ2) is 6.61. The van der Waals surface area contributed by atoms with Crippen LogP contribution in [-0.2, 0) is 15.6 Å². The number of aryl methyl sites for hydroxylation is 3. The standard InChI is InChI=1S/C18H18ClN3O2S/c1-12-4-13(2)6-15(5-12)10-25(23,24)17-9-20-11-22(17)18-16(19)7-14(3)8-21-18/h4-9,11H,10H2,1-3H3. The summed E-state index contributed by atoms with van der Waals surface area (Å²) in [4.78, 5) is 8.25. The number of sulfone groups is 1. The molecule has 0 bridgehead atoms. The normalized spacial score (nSPS) is 11.7. The van der Waals surface area contributed by atoms with Crippen molar-refractivity contribution < 1.29 is 8.42 Å². The molecule has 0 spiro atoms. The average Bonchev–Trinajstić information content (AvgIpc) is 2.95. The molecule has 0 saturated carbocycles. The van der Waals surface area contributed by atoms with Gasteiger partial charge < -0.3 is 0 Å². The van der Waals surface area contributed by atoms with Crippen molar-refractivity contribution in [2.75, 3.05) is 0 Å². The van der Waals surface area contributed by atoms with Gasteiger partial charge in [-0.1, -0.05) is 40.9 Å². The fraction of sp³-hybridized carbons (Fsp3) is 0.222. The van der Waals surface area contributed by atoms with Gasteiger partial charge >= 0.3 is 0 Å². The molecule has 0 aliphatic heterocycles. The van der Waals surface area contributed by atoms with Crippen LogP contribution in [-0.4, -0.2) is 23.0 Å². The van der Waals surface area contributed by atoms with E-state index in [-0.39, 0.29) is 10.8 Å². The molecule has 0 fully saturated rings. The van der Waals surface area contributed by atoms with Crippen molar-refractivity contribution in [2.45, 2.75) is 31.6 Å². The van der Waals surface area contributed by atoms with E-state index in [1.165, 1.54) is 17.1 Å².